The molecule has 1 saturated heterocycles. The van der Waals surface area contributed by atoms with Gasteiger partial charge in [0.15, 0.2) is 4.90 Å². The maximum absolute atomic E-state index is 16.1. The number of aromatic nitrogens is 2. The number of hydrogen-bond acceptors (Lipinski definition) is 8. The minimum atomic E-state index is -4.90. The van der Waals surface area contributed by atoms with E-state index in [1.54, 1.807) is 35.2 Å². The SMILES string of the molecule is COc1ccc(CN(c2ccncn2)S(=O)(=O)c2c(F)cc(N3CCC[C@@](CCc4ccc(C5CC5)c(C(F)(F)F)c4)(N(C)C)C3)cc2F)c(OC)c1. The van der Waals surface area contributed by atoms with Crippen LogP contribution in [0.15, 0.2) is 72.0 Å². The number of piperidine rings is 1. The molecule has 53 heavy (non-hydrogen) atoms. The average molecular weight is 760 g/mol. The Labute approximate surface area is 306 Å². The van der Waals surface area contributed by atoms with E-state index in [-0.39, 0.29) is 24.0 Å². The fraction of sp³-hybridized carbons (Fsp3) is 0.421. The van der Waals surface area contributed by atoms with E-state index in [1.807, 2.05) is 19.0 Å². The molecule has 1 aromatic heterocycles. The highest BCUT2D eigenvalue weighted by molar-refractivity contribution is 7.92. The van der Waals surface area contributed by atoms with Crippen LogP contribution in [0.2, 0.25) is 0 Å². The average Bonchev–Trinajstić information content (AvgIpc) is 3.98. The van der Waals surface area contributed by atoms with E-state index in [0.717, 1.165) is 35.6 Å². The molecule has 0 amide bonds. The van der Waals surface area contributed by atoms with Gasteiger partial charge in [-0.1, -0.05) is 12.1 Å². The number of rotatable bonds is 13. The molecule has 0 unspecified atom stereocenters. The molecule has 3 aromatic carbocycles. The first kappa shape index (κ1) is 38.2. The topological polar surface area (TPSA) is 88.1 Å². The molecule has 0 N–H and O–H groups in total. The molecule has 2 heterocycles. The van der Waals surface area contributed by atoms with Crippen molar-refractivity contribution in [2.75, 3.05) is 50.6 Å². The van der Waals surface area contributed by atoms with Gasteiger partial charge < -0.3 is 19.3 Å². The van der Waals surface area contributed by atoms with Crippen molar-refractivity contribution < 1.29 is 39.8 Å². The largest absolute Gasteiger partial charge is 0.497 e. The maximum Gasteiger partial charge on any atom is 0.416 e. The summed E-state index contributed by atoms with van der Waals surface area (Å²) in [4.78, 5) is 10.6. The van der Waals surface area contributed by atoms with Gasteiger partial charge in [-0.05, 0) is 100.0 Å². The molecule has 2 fully saturated rings. The number of aryl methyl sites for hydroxylation is 1. The first-order chi connectivity index (χ1) is 25.2. The zero-order chi connectivity index (χ0) is 38.1. The Morgan fingerprint density at radius 1 is 0.981 bits per heavy atom. The van der Waals surface area contributed by atoms with Crippen LogP contribution >= 0.6 is 0 Å². The lowest BCUT2D eigenvalue weighted by atomic mass is 9.82. The lowest BCUT2D eigenvalue weighted by molar-refractivity contribution is -0.138. The van der Waals surface area contributed by atoms with Crippen molar-refractivity contribution in [3.8, 4) is 11.5 Å². The predicted octanol–water partition coefficient (Wildman–Crippen LogP) is 7.60. The van der Waals surface area contributed by atoms with Gasteiger partial charge >= 0.3 is 6.18 Å². The van der Waals surface area contributed by atoms with E-state index in [1.165, 1.54) is 32.5 Å². The molecule has 0 spiro atoms. The fourth-order valence-electron chi connectivity index (χ4n) is 7.20. The van der Waals surface area contributed by atoms with E-state index in [4.69, 9.17) is 9.47 Å². The summed E-state index contributed by atoms with van der Waals surface area (Å²) in [7, 11) is 1.75. The lowest BCUT2D eigenvalue weighted by Gasteiger charge is -2.48. The smallest absolute Gasteiger partial charge is 0.416 e. The predicted molar refractivity (Wildman–Crippen MR) is 191 cm³/mol. The summed E-state index contributed by atoms with van der Waals surface area (Å²) in [6, 6.07) is 12.7. The van der Waals surface area contributed by atoms with Crippen LogP contribution in [0.3, 0.4) is 0 Å². The molecule has 1 saturated carbocycles. The van der Waals surface area contributed by atoms with E-state index >= 15 is 8.78 Å². The number of benzene rings is 3. The van der Waals surface area contributed by atoms with E-state index < -0.39 is 43.8 Å². The van der Waals surface area contributed by atoms with Crippen molar-refractivity contribution >= 4 is 21.5 Å². The standard InChI is InChI=1S/C38H42F5N5O4S/c1-46(2)37(15-12-25-6-11-30(26-7-8-26)31(18-25)38(41,42)43)14-5-17-47(23-37)28-19-32(39)36(33(40)20-28)53(49,50)48(35-13-16-44-24-45-35)22-27-9-10-29(51-3)21-34(27)52-4/h6,9-11,13,16,18-21,24,26H,5,7-8,12,14-15,17,22-23H2,1-4H3/t37-/m0/s1. The van der Waals surface area contributed by atoms with Crippen LogP contribution in [0.25, 0.3) is 0 Å². The number of methoxy groups -OCH3 is 2. The third-order valence-corrected chi connectivity index (χ3v) is 12.2. The number of nitrogens with zero attached hydrogens (tertiary/aromatic N) is 5. The van der Waals surface area contributed by atoms with Crippen LogP contribution in [-0.4, -0.2) is 70.2 Å². The number of anilines is 2. The summed E-state index contributed by atoms with van der Waals surface area (Å²) in [5.74, 6) is -1.97. The van der Waals surface area contributed by atoms with Crippen LogP contribution in [0.4, 0.5) is 33.5 Å². The number of hydrogen-bond donors (Lipinski definition) is 0. The molecular formula is C38H42F5N5O4S. The van der Waals surface area contributed by atoms with E-state index in [9.17, 15) is 21.6 Å². The van der Waals surface area contributed by atoms with Crippen molar-refractivity contribution in [2.45, 2.75) is 67.6 Å². The number of halogens is 5. The normalized spacial score (nSPS) is 18.0. The minimum absolute atomic E-state index is 0.0461. The number of ether oxygens (including phenoxy) is 2. The highest BCUT2D eigenvalue weighted by atomic mass is 32.2. The first-order valence-corrected chi connectivity index (χ1v) is 18.7. The van der Waals surface area contributed by atoms with Crippen LogP contribution < -0.4 is 18.7 Å². The summed E-state index contributed by atoms with van der Waals surface area (Å²) < 4.78 is 114. The summed E-state index contributed by atoms with van der Waals surface area (Å²) in [6.45, 7) is 0.388. The third-order valence-electron chi connectivity index (χ3n) is 10.3. The number of likely N-dealkylation sites (N-methyl/N-ethyl adjacent to an activating group) is 1. The van der Waals surface area contributed by atoms with Crippen molar-refractivity contribution in [1.29, 1.82) is 0 Å². The number of sulfonamides is 1. The van der Waals surface area contributed by atoms with Crippen LogP contribution in [0.5, 0.6) is 11.5 Å². The van der Waals surface area contributed by atoms with Gasteiger partial charge in [0.1, 0.15) is 35.3 Å². The molecular weight excluding hydrogens is 718 g/mol. The second kappa shape index (κ2) is 15.1. The number of alkyl halides is 3. The summed E-state index contributed by atoms with van der Waals surface area (Å²) in [5.41, 5.74) is 0.349. The monoisotopic (exact) mass is 759 g/mol. The molecule has 1 atom stereocenters. The molecule has 6 rings (SSSR count). The Morgan fingerprint density at radius 2 is 1.72 bits per heavy atom. The van der Waals surface area contributed by atoms with Crippen LogP contribution in [-0.2, 0) is 29.2 Å². The van der Waals surface area contributed by atoms with Crippen LogP contribution in [0.1, 0.15) is 60.3 Å². The third kappa shape index (κ3) is 8.05. The van der Waals surface area contributed by atoms with E-state index in [2.05, 4.69) is 9.97 Å². The van der Waals surface area contributed by atoms with Gasteiger partial charge in [-0.3, -0.25) is 0 Å². The molecule has 1 aliphatic heterocycles. The Morgan fingerprint density at radius 3 is 2.32 bits per heavy atom. The second-order valence-electron chi connectivity index (χ2n) is 13.8. The molecule has 0 bridgehead atoms. The van der Waals surface area contributed by atoms with E-state index in [0.29, 0.717) is 67.0 Å². The van der Waals surface area contributed by atoms with Gasteiger partial charge in [0.25, 0.3) is 10.0 Å². The summed E-state index contributed by atoms with van der Waals surface area (Å²) >= 11 is 0. The molecule has 284 valence electrons. The Bertz CT molecular complexity index is 2020. The minimum Gasteiger partial charge on any atom is -0.497 e. The Kier molecular flexibility index (Phi) is 10.9. The van der Waals surface area contributed by atoms with Gasteiger partial charge in [-0.25, -0.2) is 31.5 Å². The quantitative estimate of drug-likeness (QED) is 0.129. The zero-order valence-electron chi connectivity index (χ0n) is 30.0. The molecule has 4 aromatic rings. The van der Waals surface area contributed by atoms with Gasteiger partial charge in [0.2, 0.25) is 0 Å². The molecule has 1 aliphatic carbocycles. The van der Waals surface area contributed by atoms with Gasteiger partial charge in [-0.2, -0.15) is 13.2 Å². The maximum atomic E-state index is 16.1. The zero-order valence-corrected chi connectivity index (χ0v) is 30.8. The first-order valence-electron chi connectivity index (χ1n) is 17.3. The Balaban J connectivity index is 1.28. The van der Waals surface area contributed by atoms with Gasteiger partial charge in [0.05, 0.1) is 26.3 Å². The van der Waals surface area contributed by atoms with Crippen molar-refractivity contribution in [3.63, 3.8) is 0 Å². The fourth-order valence-corrected chi connectivity index (χ4v) is 8.69. The summed E-state index contributed by atoms with van der Waals surface area (Å²) in [5, 5.41) is 0. The second-order valence-corrected chi connectivity index (χ2v) is 15.6. The van der Waals surface area contributed by atoms with Crippen molar-refractivity contribution in [2.24, 2.45) is 0 Å². The van der Waals surface area contributed by atoms with Crippen molar-refractivity contribution in [3.05, 3.63) is 101 Å². The van der Waals surface area contributed by atoms with Crippen LogP contribution in [0, 0.1) is 11.6 Å². The Hall–Kier alpha value is -4.50. The van der Waals surface area contributed by atoms with Crippen molar-refractivity contribution in [1.82, 2.24) is 14.9 Å². The van der Waals surface area contributed by atoms with Gasteiger partial charge in [-0.15, -0.1) is 0 Å². The molecule has 15 heteroatoms. The lowest BCUT2D eigenvalue weighted by Crippen LogP contribution is -2.56. The molecule has 0 radical (unpaired) electrons. The highest BCUT2D eigenvalue weighted by Gasteiger charge is 2.41. The van der Waals surface area contributed by atoms with Gasteiger partial charge in [0, 0.05) is 48.2 Å². The highest BCUT2D eigenvalue weighted by Crippen LogP contribution is 2.46. The molecule has 9 nitrogen and oxygen atoms in total. The summed E-state index contributed by atoms with van der Waals surface area (Å²) in [6.07, 6.45) is 1.74. The molecule has 2 aliphatic rings.